The van der Waals surface area contributed by atoms with Crippen LogP contribution in [0.2, 0.25) is 0 Å². The van der Waals surface area contributed by atoms with Crippen molar-refractivity contribution >= 4 is 11.8 Å². The van der Waals surface area contributed by atoms with Crippen molar-refractivity contribution in [2.45, 2.75) is 18.4 Å². The smallest absolute Gasteiger partial charge is 0.280 e. The van der Waals surface area contributed by atoms with Crippen LogP contribution >= 0.6 is 0 Å². The van der Waals surface area contributed by atoms with Gasteiger partial charge in [0.05, 0.1) is 17.7 Å². The first-order chi connectivity index (χ1) is 9.11. The molecule has 0 radical (unpaired) electrons. The van der Waals surface area contributed by atoms with Crippen LogP contribution in [0.4, 0.5) is 0 Å². The lowest BCUT2D eigenvalue weighted by Gasteiger charge is -2.34. The maximum atomic E-state index is 12.1. The summed E-state index contributed by atoms with van der Waals surface area (Å²) < 4.78 is 5.18. The Bertz CT molecular complexity index is 502. The second-order valence-corrected chi connectivity index (χ2v) is 4.93. The van der Waals surface area contributed by atoms with Gasteiger partial charge in [0, 0.05) is 32.3 Å². The van der Waals surface area contributed by atoms with Crippen LogP contribution in [-0.2, 0) is 4.74 Å². The van der Waals surface area contributed by atoms with Crippen LogP contribution < -0.4 is 0 Å². The number of amides is 2. The fourth-order valence-corrected chi connectivity index (χ4v) is 2.46. The van der Waals surface area contributed by atoms with E-state index in [1.807, 2.05) is 0 Å². The molecule has 6 nitrogen and oxygen atoms in total. The molecule has 1 N–H and O–H groups in total. The molecular formula is C13H14N2O4. The molecule has 0 saturated carbocycles. The predicted octanol–water partition coefficient (Wildman–Crippen LogP) is 0.219. The number of rotatable bonds is 2. The molecule has 0 aliphatic carbocycles. The van der Waals surface area contributed by atoms with Gasteiger partial charge < -0.3 is 9.84 Å². The molecule has 2 aliphatic heterocycles. The van der Waals surface area contributed by atoms with E-state index >= 15 is 0 Å². The van der Waals surface area contributed by atoms with E-state index in [4.69, 9.17) is 4.74 Å². The molecule has 2 aliphatic rings. The molecule has 2 amide bonds. The molecule has 1 aromatic rings. The summed E-state index contributed by atoms with van der Waals surface area (Å²) in [5, 5.41) is 10.4. The Labute approximate surface area is 110 Å². The van der Waals surface area contributed by atoms with E-state index in [1.165, 1.54) is 6.20 Å². The third-order valence-electron chi connectivity index (χ3n) is 3.61. The molecule has 6 heteroatoms. The zero-order valence-electron chi connectivity index (χ0n) is 10.3. The first-order valence-corrected chi connectivity index (χ1v) is 6.22. The molecule has 1 saturated heterocycles. The van der Waals surface area contributed by atoms with Crippen molar-refractivity contribution in [3.63, 3.8) is 0 Å². The topological polar surface area (TPSA) is 79.7 Å². The monoisotopic (exact) mass is 262 g/mol. The second-order valence-electron chi connectivity index (χ2n) is 4.93. The van der Waals surface area contributed by atoms with Crippen molar-refractivity contribution in [1.82, 2.24) is 9.88 Å². The normalized spacial score (nSPS) is 21.6. The average Bonchev–Trinajstić information content (AvgIpc) is 2.65. The van der Waals surface area contributed by atoms with Gasteiger partial charge in [0.1, 0.15) is 5.69 Å². The number of aliphatic hydroxyl groups is 1. The van der Waals surface area contributed by atoms with Crippen LogP contribution in [0, 0.1) is 0 Å². The Morgan fingerprint density at radius 1 is 1.32 bits per heavy atom. The fourth-order valence-electron chi connectivity index (χ4n) is 2.46. The molecule has 0 bridgehead atoms. The van der Waals surface area contributed by atoms with Gasteiger partial charge in [0.2, 0.25) is 0 Å². The quantitative estimate of drug-likeness (QED) is 0.771. The summed E-state index contributed by atoms with van der Waals surface area (Å²) in [4.78, 5) is 29.3. The number of aromatic nitrogens is 1. The Balaban J connectivity index is 1.84. The van der Waals surface area contributed by atoms with Crippen LogP contribution in [0.15, 0.2) is 18.3 Å². The largest absolute Gasteiger partial charge is 0.388 e. The summed E-state index contributed by atoms with van der Waals surface area (Å²) >= 11 is 0. The third kappa shape index (κ3) is 2.02. The minimum atomic E-state index is -1.05. The van der Waals surface area contributed by atoms with Crippen molar-refractivity contribution in [3.05, 3.63) is 29.6 Å². The summed E-state index contributed by atoms with van der Waals surface area (Å²) in [5.74, 6) is -0.812. The van der Waals surface area contributed by atoms with Crippen molar-refractivity contribution in [1.29, 1.82) is 0 Å². The summed E-state index contributed by atoms with van der Waals surface area (Å²) in [7, 11) is 0. The van der Waals surface area contributed by atoms with E-state index in [2.05, 4.69) is 4.98 Å². The first-order valence-electron chi connectivity index (χ1n) is 6.22. The zero-order chi connectivity index (χ0) is 13.5. The number of carbonyl (C=O) groups is 2. The molecule has 0 unspecified atom stereocenters. The minimum Gasteiger partial charge on any atom is -0.388 e. The lowest BCUT2D eigenvalue weighted by atomic mass is 9.94. The SMILES string of the molecule is O=C1c2cccnc2C(=O)N1CC1(O)CCOCC1. The van der Waals surface area contributed by atoms with E-state index in [9.17, 15) is 14.7 Å². The molecule has 1 fully saturated rings. The molecule has 0 spiro atoms. The van der Waals surface area contributed by atoms with Crippen LogP contribution in [-0.4, -0.2) is 52.2 Å². The number of nitrogens with zero attached hydrogens (tertiary/aromatic N) is 2. The van der Waals surface area contributed by atoms with E-state index in [0.717, 1.165) is 4.90 Å². The summed E-state index contributed by atoms with van der Waals surface area (Å²) in [6, 6.07) is 3.20. The molecule has 0 atom stereocenters. The van der Waals surface area contributed by atoms with Gasteiger partial charge in [-0.3, -0.25) is 19.5 Å². The Morgan fingerprint density at radius 2 is 2.05 bits per heavy atom. The number of fused-ring (bicyclic) bond motifs is 1. The maximum Gasteiger partial charge on any atom is 0.280 e. The zero-order valence-corrected chi connectivity index (χ0v) is 10.3. The summed E-state index contributed by atoms with van der Waals surface area (Å²) in [6.45, 7) is 0.889. The highest BCUT2D eigenvalue weighted by atomic mass is 16.5. The van der Waals surface area contributed by atoms with Crippen molar-refractivity contribution in [3.8, 4) is 0 Å². The number of ether oxygens (including phenoxy) is 1. The average molecular weight is 262 g/mol. The van der Waals surface area contributed by atoms with Crippen LogP contribution in [0.3, 0.4) is 0 Å². The van der Waals surface area contributed by atoms with E-state index in [1.54, 1.807) is 12.1 Å². The van der Waals surface area contributed by atoms with Gasteiger partial charge in [-0.25, -0.2) is 0 Å². The minimum absolute atomic E-state index is 0.00435. The van der Waals surface area contributed by atoms with Crippen molar-refractivity contribution in [2.24, 2.45) is 0 Å². The fraction of sp³-hybridized carbons (Fsp3) is 0.462. The molecule has 1 aromatic heterocycles. The van der Waals surface area contributed by atoms with Gasteiger partial charge in [0.25, 0.3) is 11.8 Å². The number of carbonyl (C=O) groups excluding carboxylic acids is 2. The number of β-amino-alcohol motifs (C(OH)–C–C–N with tert-alkyl or cyclic N) is 1. The number of pyridine rings is 1. The van der Waals surface area contributed by atoms with Crippen LogP contribution in [0.5, 0.6) is 0 Å². The highest BCUT2D eigenvalue weighted by Gasteiger charge is 2.42. The molecule has 100 valence electrons. The lowest BCUT2D eigenvalue weighted by molar-refractivity contribution is -0.0722. The second kappa shape index (κ2) is 4.40. The van der Waals surface area contributed by atoms with Crippen LogP contribution in [0.1, 0.15) is 33.7 Å². The Hall–Kier alpha value is -1.79. The molecule has 3 heterocycles. The van der Waals surface area contributed by atoms with Crippen LogP contribution in [0.25, 0.3) is 0 Å². The number of hydrogen-bond donors (Lipinski definition) is 1. The van der Waals surface area contributed by atoms with Gasteiger partial charge >= 0.3 is 0 Å². The predicted molar refractivity (Wildman–Crippen MR) is 64.6 cm³/mol. The van der Waals surface area contributed by atoms with Gasteiger partial charge in [-0.2, -0.15) is 0 Å². The first kappa shape index (κ1) is 12.3. The van der Waals surface area contributed by atoms with Crippen molar-refractivity contribution in [2.75, 3.05) is 19.8 Å². The Morgan fingerprint density at radius 3 is 2.74 bits per heavy atom. The van der Waals surface area contributed by atoms with Gasteiger partial charge in [-0.15, -0.1) is 0 Å². The third-order valence-corrected chi connectivity index (χ3v) is 3.61. The van der Waals surface area contributed by atoms with E-state index < -0.39 is 11.5 Å². The standard InChI is InChI=1S/C13H14N2O4/c16-11-9-2-1-5-14-10(9)12(17)15(11)8-13(18)3-6-19-7-4-13/h1-2,5,18H,3-4,6-8H2. The number of hydrogen-bond acceptors (Lipinski definition) is 5. The van der Waals surface area contributed by atoms with Gasteiger partial charge in [-0.1, -0.05) is 0 Å². The van der Waals surface area contributed by atoms with Crippen molar-refractivity contribution < 1.29 is 19.4 Å². The van der Waals surface area contributed by atoms with E-state index in [-0.39, 0.29) is 18.1 Å². The molecular weight excluding hydrogens is 248 g/mol. The molecule has 19 heavy (non-hydrogen) atoms. The molecule has 3 rings (SSSR count). The molecule has 0 aromatic carbocycles. The number of imide groups is 1. The lowest BCUT2D eigenvalue weighted by Crippen LogP contribution is -2.48. The Kier molecular flexibility index (Phi) is 2.83. The van der Waals surface area contributed by atoms with E-state index in [0.29, 0.717) is 31.6 Å². The summed E-state index contributed by atoms with van der Waals surface area (Å²) in [6.07, 6.45) is 2.33. The van der Waals surface area contributed by atoms with Gasteiger partial charge in [0.15, 0.2) is 0 Å². The summed E-state index contributed by atoms with van der Waals surface area (Å²) in [5.41, 5.74) is -0.572. The highest BCUT2D eigenvalue weighted by molar-refractivity contribution is 6.20. The van der Waals surface area contributed by atoms with Gasteiger partial charge in [-0.05, 0) is 12.1 Å². The maximum absolute atomic E-state index is 12.1. The highest BCUT2D eigenvalue weighted by Crippen LogP contribution is 2.27.